The van der Waals surface area contributed by atoms with Gasteiger partial charge in [-0.05, 0) is 47.5 Å². The van der Waals surface area contributed by atoms with E-state index in [-0.39, 0.29) is 12.4 Å². The first-order valence-corrected chi connectivity index (χ1v) is 10.5. The van der Waals surface area contributed by atoms with Gasteiger partial charge in [0, 0.05) is 23.5 Å². The molecule has 1 heterocycles. The van der Waals surface area contributed by atoms with Gasteiger partial charge in [-0.1, -0.05) is 42.5 Å². The fourth-order valence-corrected chi connectivity index (χ4v) is 3.64. The number of amides is 2. The lowest BCUT2D eigenvalue weighted by Gasteiger charge is -2.34. The first-order valence-electron chi connectivity index (χ1n) is 10.5. The Kier molecular flexibility index (Phi) is 6.48. The summed E-state index contributed by atoms with van der Waals surface area (Å²) in [6.45, 7) is 0.509. The van der Waals surface area contributed by atoms with E-state index in [0.29, 0.717) is 23.5 Å². The molecule has 3 aromatic rings. The Morgan fingerprint density at radius 3 is 2.30 bits per heavy atom. The maximum Gasteiger partial charge on any atom is 0.259 e. The van der Waals surface area contributed by atoms with Crippen molar-refractivity contribution in [2.45, 2.75) is 12.2 Å². The molecule has 1 fully saturated rings. The number of rotatable bonds is 6. The number of nitrogens with two attached hydrogens (primary N) is 1. The summed E-state index contributed by atoms with van der Waals surface area (Å²) < 4.78 is 5.46. The van der Waals surface area contributed by atoms with E-state index in [0.717, 1.165) is 11.1 Å². The van der Waals surface area contributed by atoms with Crippen LogP contribution in [-0.4, -0.2) is 48.1 Å². The lowest BCUT2D eigenvalue weighted by Crippen LogP contribution is -2.55. The van der Waals surface area contributed by atoms with Crippen molar-refractivity contribution in [3.8, 4) is 11.1 Å². The van der Waals surface area contributed by atoms with Crippen LogP contribution >= 0.6 is 0 Å². The number of ether oxygens (including phenoxy) is 1. The number of carbonyl (C=O) groups excluding carboxylic acids is 2. The Hall–Kier alpha value is -4.01. The number of hydrogen-bond acceptors (Lipinski definition) is 5. The average molecular weight is 444 g/mol. The van der Waals surface area contributed by atoms with E-state index >= 15 is 0 Å². The molecule has 2 amide bonds. The van der Waals surface area contributed by atoms with Gasteiger partial charge in [-0.25, -0.2) is 0 Å². The minimum atomic E-state index is -1.68. The number of carbonyl (C=O) groups is 2. The monoisotopic (exact) mass is 444 g/mol. The molecule has 0 bridgehead atoms. The summed E-state index contributed by atoms with van der Waals surface area (Å²) in [4.78, 5) is 27.1. The summed E-state index contributed by atoms with van der Waals surface area (Å²) in [5.74, 6) is -1.33. The van der Waals surface area contributed by atoms with E-state index in [9.17, 15) is 14.7 Å². The van der Waals surface area contributed by atoms with Gasteiger partial charge in [0.2, 0.25) is 0 Å². The van der Waals surface area contributed by atoms with Crippen molar-refractivity contribution in [2.24, 2.45) is 5.73 Å². The predicted molar refractivity (Wildman–Crippen MR) is 126 cm³/mol. The fraction of sp³-hybridized carbons (Fsp3) is 0.160. The SMILES string of the molecule is N=C(N)c1ccc(NC(=O)[C@H](O)C2OCCN(c3ccc(-c4ccccc4)cc3)C2=O)cc1. The van der Waals surface area contributed by atoms with Crippen molar-refractivity contribution in [2.75, 3.05) is 23.4 Å². The van der Waals surface area contributed by atoms with Crippen LogP contribution in [0.4, 0.5) is 11.4 Å². The normalized spacial score (nSPS) is 16.8. The Morgan fingerprint density at radius 2 is 1.67 bits per heavy atom. The smallest absolute Gasteiger partial charge is 0.259 e. The molecule has 4 rings (SSSR count). The first kappa shape index (κ1) is 22.2. The summed E-state index contributed by atoms with van der Waals surface area (Å²) in [5, 5.41) is 20.5. The Labute approximate surface area is 191 Å². The highest BCUT2D eigenvalue weighted by Crippen LogP contribution is 2.25. The second-order valence-corrected chi connectivity index (χ2v) is 7.62. The van der Waals surface area contributed by atoms with Crippen LogP contribution in [0.3, 0.4) is 0 Å². The zero-order valence-corrected chi connectivity index (χ0v) is 17.8. The summed E-state index contributed by atoms with van der Waals surface area (Å²) in [6, 6.07) is 23.7. The number of amidine groups is 1. The van der Waals surface area contributed by atoms with E-state index in [1.54, 1.807) is 24.3 Å². The number of nitrogens with zero attached hydrogens (tertiary/aromatic N) is 1. The number of hydrogen-bond donors (Lipinski definition) is 4. The highest BCUT2D eigenvalue weighted by atomic mass is 16.5. The van der Waals surface area contributed by atoms with Crippen molar-refractivity contribution >= 4 is 29.0 Å². The number of nitrogens with one attached hydrogen (secondary N) is 2. The average Bonchev–Trinajstić information content (AvgIpc) is 2.85. The summed E-state index contributed by atoms with van der Waals surface area (Å²) >= 11 is 0. The summed E-state index contributed by atoms with van der Waals surface area (Å²) in [6.07, 6.45) is -3.00. The standard InChI is InChI=1S/C25H24N4O4/c26-23(27)18-6-10-19(11-7-18)28-24(31)21(30)22-25(32)29(14-15-33-22)20-12-8-17(9-13-20)16-4-2-1-3-5-16/h1-13,21-22,30H,14-15H2,(H3,26,27)(H,28,31)/t21-,22?/m1/s1. The number of nitrogen functional groups attached to an aromatic ring is 1. The predicted octanol–water partition coefficient (Wildman–Crippen LogP) is 2.37. The van der Waals surface area contributed by atoms with Gasteiger partial charge in [0.1, 0.15) is 5.84 Å². The Morgan fingerprint density at radius 1 is 1.03 bits per heavy atom. The Bertz CT molecular complexity index is 1150. The topological polar surface area (TPSA) is 129 Å². The molecular formula is C25H24N4O4. The molecule has 3 aromatic carbocycles. The molecule has 5 N–H and O–H groups in total. The molecule has 1 aliphatic heterocycles. The second-order valence-electron chi connectivity index (χ2n) is 7.62. The van der Waals surface area contributed by atoms with E-state index < -0.39 is 24.0 Å². The first-order chi connectivity index (χ1) is 15.9. The highest BCUT2D eigenvalue weighted by molar-refractivity contribution is 6.04. The van der Waals surface area contributed by atoms with Gasteiger partial charge < -0.3 is 25.8 Å². The summed E-state index contributed by atoms with van der Waals surface area (Å²) in [5.41, 5.74) is 9.09. The van der Waals surface area contributed by atoms with Crippen molar-refractivity contribution in [1.29, 1.82) is 5.41 Å². The van der Waals surface area contributed by atoms with Gasteiger partial charge >= 0.3 is 0 Å². The molecule has 0 aromatic heterocycles. The van der Waals surface area contributed by atoms with Crippen LogP contribution in [-0.2, 0) is 14.3 Å². The largest absolute Gasteiger partial charge is 0.384 e. The number of aliphatic hydroxyl groups is 1. The molecule has 2 atom stereocenters. The van der Waals surface area contributed by atoms with Crippen LogP contribution < -0.4 is 16.0 Å². The maximum absolute atomic E-state index is 13.0. The van der Waals surface area contributed by atoms with Gasteiger partial charge in [0.15, 0.2) is 12.2 Å². The minimum Gasteiger partial charge on any atom is -0.384 e. The molecule has 0 radical (unpaired) electrons. The molecule has 0 spiro atoms. The van der Waals surface area contributed by atoms with E-state index in [2.05, 4.69) is 5.32 Å². The molecule has 168 valence electrons. The lowest BCUT2D eigenvalue weighted by molar-refractivity contribution is -0.150. The Balaban J connectivity index is 1.44. The van der Waals surface area contributed by atoms with Gasteiger partial charge in [-0.2, -0.15) is 0 Å². The third kappa shape index (κ3) is 4.92. The van der Waals surface area contributed by atoms with Crippen LogP contribution in [0.25, 0.3) is 11.1 Å². The van der Waals surface area contributed by atoms with Crippen LogP contribution in [0.5, 0.6) is 0 Å². The number of benzene rings is 3. The summed E-state index contributed by atoms with van der Waals surface area (Å²) in [7, 11) is 0. The van der Waals surface area contributed by atoms with Gasteiger partial charge in [0.25, 0.3) is 11.8 Å². The van der Waals surface area contributed by atoms with Crippen LogP contribution in [0.2, 0.25) is 0 Å². The van der Waals surface area contributed by atoms with Crippen LogP contribution in [0, 0.1) is 5.41 Å². The van der Waals surface area contributed by atoms with Gasteiger partial charge in [0.05, 0.1) is 6.61 Å². The molecule has 0 saturated carbocycles. The number of aliphatic hydroxyl groups excluding tert-OH is 1. The van der Waals surface area contributed by atoms with E-state index in [4.69, 9.17) is 15.9 Å². The molecule has 8 heteroatoms. The van der Waals surface area contributed by atoms with Crippen molar-refractivity contribution in [3.05, 3.63) is 84.4 Å². The zero-order chi connectivity index (χ0) is 23.4. The van der Waals surface area contributed by atoms with Gasteiger partial charge in [-0.15, -0.1) is 0 Å². The quantitative estimate of drug-likeness (QED) is 0.343. The molecule has 0 aliphatic carbocycles. The van der Waals surface area contributed by atoms with Crippen LogP contribution in [0.1, 0.15) is 5.56 Å². The van der Waals surface area contributed by atoms with Crippen LogP contribution in [0.15, 0.2) is 78.9 Å². The lowest BCUT2D eigenvalue weighted by atomic mass is 10.0. The molecule has 1 saturated heterocycles. The molecule has 33 heavy (non-hydrogen) atoms. The van der Waals surface area contributed by atoms with Crippen molar-refractivity contribution < 1.29 is 19.4 Å². The van der Waals surface area contributed by atoms with E-state index in [1.807, 2.05) is 54.6 Å². The van der Waals surface area contributed by atoms with E-state index in [1.165, 1.54) is 4.90 Å². The number of anilines is 2. The minimum absolute atomic E-state index is 0.0917. The molecule has 1 aliphatic rings. The number of morpholine rings is 1. The van der Waals surface area contributed by atoms with Crippen molar-refractivity contribution in [3.63, 3.8) is 0 Å². The highest BCUT2D eigenvalue weighted by Gasteiger charge is 2.39. The fourth-order valence-electron chi connectivity index (χ4n) is 3.64. The third-order valence-corrected chi connectivity index (χ3v) is 5.43. The second kappa shape index (κ2) is 9.64. The third-order valence-electron chi connectivity index (χ3n) is 5.43. The molecule has 8 nitrogen and oxygen atoms in total. The zero-order valence-electron chi connectivity index (χ0n) is 17.8. The molecular weight excluding hydrogens is 420 g/mol. The van der Waals surface area contributed by atoms with Crippen molar-refractivity contribution in [1.82, 2.24) is 0 Å². The maximum atomic E-state index is 13.0. The molecule has 1 unspecified atom stereocenters. The van der Waals surface area contributed by atoms with Gasteiger partial charge in [-0.3, -0.25) is 15.0 Å².